The Hall–Kier alpha value is -2.75. The zero-order valence-corrected chi connectivity index (χ0v) is 18.5. The molecule has 0 amide bonds. The number of anilines is 1. The maximum absolute atomic E-state index is 5.94. The van der Waals surface area contributed by atoms with Crippen molar-refractivity contribution in [2.75, 3.05) is 5.32 Å². The van der Waals surface area contributed by atoms with Crippen molar-refractivity contribution in [2.24, 2.45) is 0 Å². The number of aromatic nitrogens is 2. The van der Waals surface area contributed by atoms with Gasteiger partial charge in [0.15, 0.2) is 0 Å². The van der Waals surface area contributed by atoms with Crippen molar-refractivity contribution < 1.29 is 4.74 Å². The van der Waals surface area contributed by atoms with Crippen LogP contribution in [0.3, 0.4) is 0 Å². The van der Waals surface area contributed by atoms with Gasteiger partial charge in [-0.05, 0) is 70.9 Å². The van der Waals surface area contributed by atoms with Gasteiger partial charge in [-0.15, -0.1) is 0 Å². The number of ether oxygens (including phenoxy) is 1. The minimum atomic E-state index is -0.0363. The van der Waals surface area contributed by atoms with Crippen LogP contribution in [0.15, 0.2) is 54.6 Å². The van der Waals surface area contributed by atoms with Crippen molar-refractivity contribution in [2.45, 2.75) is 66.0 Å². The molecule has 154 valence electrons. The molecule has 1 atom stereocenters. The number of hydrogen-bond acceptors (Lipinski definition) is 3. The molecule has 0 radical (unpaired) electrons. The van der Waals surface area contributed by atoms with Crippen LogP contribution in [0.4, 0.5) is 5.69 Å². The summed E-state index contributed by atoms with van der Waals surface area (Å²) in [5.41, 5.74) is 4.59. The Morgan fingerprint density at radius 3 is 2.14 bits per heavy atom. The lowest BCUT2D eigenvalue weighted by atomic mass is 10.0. The smallest absolute Gasteiger partial charge is 0.127 e. The van der Waals surface area contributed by atoms with Crippen molar-refractivity contribution in [3.63, 3.8) is 0 Å². The minimum absolute atomic E-state index is 0.0363. The molecule has 1 aromatic heterocycles. The molecule has 1 N–H and O–H groups in total. The van der Waals surface area contributed by atoms with Crippen molar-refractivity contribution in [3.8, 4) is 11.5 Å². The zero-order chi connectivity index (χ0) is 21.0. The molecule has 4 heteroatoms. The molecule has 3 rings (SSSR count). The van der Waals surface area contributed by atoms with Crippen molar-refractivity contribution >= 4 is 5.69 Å². The lowest BCUT2D eigenvalue weighted by Crippen LogP contribution is -2.24. The van der Waals surface area contributed by atoms with Crippen LogP contribution in [0.25, 0.3) is 0 Å². The average Bonchev–Trinajstić information content (AvgIpc) is 2.97. The third-order valence-corrected chi connectivity index (χ3v) is 5.08. The van der Waals surface area contributed by atoms with Crippen LogP contribution >= 0.6 is 0 Å². The second-order valence-electron chi connectivity index (χ2n) is 8.60. The van der Waals surface area contributed by atoms with Gasteiger partial charge in [-0.3, -0.25) is 4.68 Å². The fraction of sp³-hybridized carbons (Fsp3) is 0.400. The van der Waals surface area contributed by atoms with Crippen LogP contribution < -0.4 is 10.1 Å². The van der Waals surface area contributed by atoms with E-state index in [0.717, 1.165) is 35.7 Å². The molecule has 0 aliphatic carbocycles. The molecule has 29 heavy (non-hydrogen) atoms. The van der Waals surface area contributed by atoms with Gasteiger partial charge in [0.05, 0.1) is 28.7 Å². The highest BCUT2D eigenvalue weighted by Crippen LogP contribution is 2.32. The first-order valence-electron chi connectivity index (χ1n) is 10.5. The highest BCUT2D eigenvalue weighted by molar-refractivity contribution is 5.54. The van der Waals surface area contributed by atoms with Crippen LogP contribution in [0.5, 0.6) is 11.5 Å². The Labute approximate surface area is 174 Å². The standard InChI is InChI=1S/C25H33N3O/c1-7-11-23(26-24-18(2)27-28(19(24)3)25(4,5)6)20-14-16-22(17-15-20)29-21-12-9-8-10-13-21/h8-10,12-17,23,26H,7,11H2,1-6H3. The summed E-state index contributed by atoms with van der Waals surface area (Å²) in [4.78, 5) is 0. The quantitative estimate of drug-likeness (QED) is 0.471. The summed E-state index contributed by atoms with van der Waals surface area (Å²) in [5, 5.41) is 8.55. The summed E-state index contributed by atoms with van der Waals surface area (Å²) in [6, 6.07) is 18.5. The number of para-hydroxylation sites is 1. The Kier molecular flexibility index (Phi) is 6.31. The molecular formula is C25H33N3O. The molecule has 0 fully saturated rings. The summed E-state index contributed by atoms with van der Waals surface area (Å²) in [5.74, 6) is 1.70. The second kappa shape index (κ2) is 8.73. The first kappa shape index (κ1) is 21.0. The van der Waals surface area contributed by atoms with E-state index in [0.29, 0.717) is 0 Å². The fourth-order valence-corrected chi connectivity index (χ4v) is 3.68. The molecule has 0 bridgehead atoms. The van der Waals surface area contributed by atoms with Gasteiger partial charge in [0.2, 0.25) is 0 Å². The Bertz CT molecular complexity index is 921. The van der Waals surface area contributed by atoms with E-state index < -0.39 is 0 Å². The number of benzene rings is 2. The van der Waals surface area contributed by atoms with Crippen LogP contribution in [0, 0.1) is 13.8 Å². The Balaban J connectivity index is 1.81. The van der Waals surface area contributed by atoms with Gasteiger partial charge in [-0.1, -0.05) is 43.7 Å². The van der Waals surface area contributed by atoms with Gasteiger partial charge in [0, 0.05) is 0 Å². The predicted octanol–water partition coefficient (Wildman–Crippen LogP) is 7.00. The molecule has 3 aromatic rings. The van der Waals surface area contributed by atoms with Crippen LogP contribution in [0.2, 0.25) is 0 Å². The lowest BCUT2D eigenvalue weighted by molar-refractivity contribution is 0.346. The van der Waals surface area contributed by atoms with Gasteiger partial charge in [0.25, 0.3) is 0 Å². The minimum Gasteiger partial charge on any atom is -0.457 e. The normalized spacial score (nSPS) is 12.6. The summed E-state index contributed by atoms with van der Waals surface area (Å²) in [7, 11) is 0. The molecule has 0 aliphatic heterocycles. The topological polar surface area (TPSA) is 39.1 Å². The van der Waals surface area contributed by atoms with Gasteiger partial charge >= 0.3 is 0 Å². The van der Waals surface area contributed by atoms with Gasteiger partial charge in [0.1, 0.15) is 11.5 Å². The number of aryl methyl sites for hydroxylation is 1. The molecular weight excluding hydrogens is 358 g/mol. The molecule has 0 saturated carbocycles. The van der Waals surface area contributed by atoms with Gasteiger partial charge < -0.3 is 10.1 Å². The molecule has 1 unspecified atom stereocenters. The van der Waals surface area contributed by atoms with Crippen molar-refractivity contribution in [3.05, 3.63) is 71.5 Å². The molecule has 1 heterocycles. The first-order valence-corrected chi connectivity index (χ1v) is 10.5. The van der Waals surface area contributed by atoms with E-state index in [1.54, 1.807) is 0 Å². The van der Waals surface area contributed by atoms with E-state index in [2.05, 4.69) is 63.7 Å². The van der Waals surface area contributed by atoms with Crippen molar-refractivity contribution in [1.29, 1.82) is 0 Å². The van der Waals surface area contributed by atoms with Crippen molar-refractivity contribution in [1.82, 2.24) is 9.78 Å². The summed E-state index contributed by atoms with van der Waals surface area (Å²) >= 11 is 0. The summed E-state index contributed by atoms with van der Waals surface area (Å²) < 4.78 is 8.05. The Morgan fingerprint density at radius 2 is 1.59 bits per heavy atom. The molecule has 0 spiro atoms. The van der Waals surface area contributed by atoms with Gasteiger partial charge in [-0.25, -0.2) is 0 Å². The van der Waals surface area contributed by atoms with Gasteiger partial charge in [-0.2, -0.15) is 5.10 Å². The lowest BCUT2D eigenvalue weighted by Gasteiger charge is -2.23. The first-order chi connectivity index (χ1) is 13.8. The van der Waals surface area contributed by atoms with Crippen LogP contribution in [-0.4, -0.2) is 9.78 Å². The van der Waals surface area contributed by atoms with Crippen LogP contribution in [-0.2, 0) is 5.54 Å². The van der Waals surface area contributed by atoms with E-state index in [4.69, 9.17) is 9.84 Å². The maximum atomic E-state index is 5.94. The third kappa shape index (κ3) is 5.00. The summed E-state index contributed by atoms with van der Waals surface area (Å²) in [6.45, 7) is 13.0. The number of nitrogens with one attached hydrogen (secondary N) is 1. The number of nitrogens with zero attached hydrogens (tertiary/aromatic N) is 2. The third-order valence-electron chi connectivity index (χ3n) is 5.08. The van der Waals surface area contributed by atoms with E-state index in [-0.39, 0.29) is 11.6 Å². The number of rotatable bonds is 7. The molecule has 0 saturated heterocycles. The monoisotopic (exact) mass is 391 g/mol. The molecule has 2 aromatic carbocycles. The maximum Gasteiger partial charge on any atom is 0.127 e. The highest BCUT2D eigenvalue weighted by Gasteiger charge is 2.22. The average molecular weight is 392 g/mol. The number of hydrogen-bond donors (Lipinski definition) is 1. The molecule has 4 nitrogen and oxygen atoms in total. The highest BCUT2D eigenvalue weighted by atomic mass is 16.5. The largest absolute Gasteiger partial charge is 0.457 e. The van der Waals surface area contributed by atoms with E-state index in [1.165, 1.54) is 11.3 Å². The van der Waals surface area contributed by atoms with Crippen LogP contribution in [0.1, 0.15) is 63.5 Å². The predicted molar refractivity (Wildman–Crippen MR) is 121 cm³/mol. The van der Waals surface area contributed by atoms with E-state index >= 15 is 0 Å². The van der Waals surface area contributed by atoms with E-state index in [9.17, 15) is 0 Å². The van der Waals surface area contributed by atoms with E-state index in [1.807, 2.05) is 42.5 Å². The SMILES string of the molecule is CCCC(Nc1c(C)nn(C(C)(C)C)c1C)c1ccc(Oc2ccccc2)cc1. The fourth-order valence-electron chi connectivity index (χ4n) is 3.68. The summed E-state index contributed by atoms with van der Waals surface area (Å²) in [6.07, 6.45) is 2.16. The zero-order valence-electron chi connectivity index (χ0n) is 18.5. The molecule has 0 aliphatic rings. The second-order valence-corrected chi connectivity index (χ2v) is 8.60. The Morgan fingerprint density at radius 1 is 0.966 bits per heavy atom.